The van der Waals surface area contributed by atoms with Crippen molar-refractivity contribution in [1.29, 1.82) is 0 Å². The Kier molecular flexibility index (Phi) is 5.18. The number of nitrogens with zero attached hydrogens (tertiary/aromatic N) is 1. The van der Waals surface area contributed by atoms with Crippen LogP contribution in [0.15, 0.2) is 0 Å². The largest absolute Gasteiger partial charge is 0.444 e. The van der Waals surface area contributed by atoms with E-state index < -0.39 is 12.3 Å². The summed E-state index contributed by atoms with van der Waals surface area (Å²) in [5.41, 5.74) is -0.503. The first-order valence-electron chi connectivity index (χ1n) is 6.20. The monoisotopic (exact) mass is 246 g/mol. The van der Waals surface area contributed by atoms with Crippen molar-refractivity contribution in [2.75, 3.05) is 26.3 Å². The molecule has 0 radical (unpaired) electrons. The third-order valence-corrected chi connectivity index (χ3v) is 2.64. The van der Waals surface area contributed by atoms with Gasteiger partial charge in [-0.1, -0.05) is 0 Å². The van der Waals surface area contributed by atoms with Gasteiger partial charge in [-0.3, -0.25) is 4.39 Å². The first-order chi connectivity index (χ1) is 7.94. The molecule has 5 heteroatoms. The third kappa shape index (κ3) is 4.89. The molecule has 1 atom stereocenters. The molecule has 0 aromatic heterocycles. The molecular formula is C12H23FN2O2. The van der Waals surface area contributed by atoms with Crippen LogP contribution in [0.1, 0.15) is 33.6 Å². The van der Waals surface area contributed by atoms with Gasteiger partial charge in [0, 0.05) is 19.1 Å². The van der Waals surface area contributed by atoms with Crippen molar-refractivity contribution in [2.24, 2.45) is 0 Å². The number of alkyl halides is 1. The van der Waals surface area contributed by atoms with Gasteiger partial charge in [0.15, 0.2) is 0 Å². The van der Waals surface area contributed by atoms with Crippen molar-refractivity contribution in [1.82, 2.24) is 10.2 Å². The SMILES string of the molecule is CC(C)(C)OC(=O)N(CCCF)[C@@H]1CCNC1. The van der Waals surface area contributed by atoms with Crippen LogP contribution >= 0.6 is 0 Å². The van der Waals surface area contributed by atoms with Crippen LogP contribution in [0.5, 0.6) is 0 Å². The quantitative estimate of drug-likeness (QED) is 0.824. The van der Waals surface area contributed by atoms with E-state index in [0.717, 1.165) is 19.5 Å². The van der Waals surface area contributed by atoms with E-state index in [1.165, 1.54) is 0 Å². The van der Waals surface area contributed by atoms with Crippen LogP contribution in [-0.2, 0) is 4.74 Å². The molecule has 1 N–H and O–H groups in total. The molecule has 4 nitrogen and oxygen atoms in total. The second-order valence-corrected chi connectivity index (χ2v) is 5.36. The van der Waals surface area contributed by atoms with E-state index in [1.807, 2.05) is 20.8 Å². The summed E-state index contributed by atoms with van der Waals surface area (Å²) in [5.74, 6) is 0. The summed E-state index contributed by atoms with van der Waals surface area (Å²) < 4.78 is 17.6. The Labute approximate surface area is 102 Å². The van der Waals surface area contributed by atoms with E-state index in [9.17, 15) is 9.18 Å². The number of carbonyl (C=O) groups excluding carboxylic acids is 1. The third-order valence-electron chi connectivity index (χ3n) is 2.64. The molecule has 0 saturated carbocycles. The Morgan fingerprint density at radius 3 is 2.71 bits per heavy atom. The lowest BCUT2D eigenvalue weighted by atomic mass is 10.2. The van der Waals surface area contributed by atoms with Gasteiger partial charge in [-0.15, -0.1) is 0 Å². The number of halogens is 1. The van der Waals surface area contributed by atoms with Gasteiger partial charge in [0.25, 0.3) is 0 Å². The highest BCUT2D eigenvalue weighted by Gasteiger charge is 2.29. The molecule has 1 heterocycles. The molecule has 1 aliphatic rings. The summed E-state index contributed by atoms with van der Waals surface area (Å²) in [6.07, 6.45) is 0.945. The van der Waals surface area contributed by atoms with E-state index in [1.54, 1.807) is 4.90 Å². The molecule has 1 rings (SSSR count). The Morgan fingerprint density at radius 2 is 2.24 bits per heavy atom. The number of rotatable bonds is 4. The van der Waals surface area contributed by atoms with Crippen molar-refractivity contribution in [3.05, 3.63) is 0 Å². The number of amides is 1. The molecule has 0 spiro atoms. The average molecular weight is 246 g/mol. The van der Waals surface area contributed by atoms with Crippen LogP contribution in [0.4, 0.5) is 9.18 Å². The number of carbonyl (C=O) groups is 1. The summed E-state index contributed by atoms with van der Waals surface area (Å²) in [4.78, 5) is 13.7. The first kappa shape index (κ1) is 14.2. The topological polar surface area (TPSA) is 41.6 Å². The van der Waals surface area contributed by atoms with Gasteiger partial charge in [0.2, 0.25) is 0 Å². The molecule has 100 valence electrons. The van der Waals surface area contributed by atoms with Crippen molar-refractivity contribution in [2.45, 2.75) is 45.3 Å². The van der Waals surface area contributed by atoms with Gasteiger partial charge >= 0.3 is 6.09 Å². The molecule has 1 amide bonds. The fourth-order valence-corrected chi connectivity index (χ4v) is 1.88. The lowest BCUT2D eigenvalue weighted by Crippen LogP contribution is -2.45. The molecular weight excluding hydrogens is 223 g/mol. The minimum absolute atomic E-state index is 0.136. The van der Waals surface area contributed by atoms with E-state index in [0.29, 0.717) is 13.0 Å². The molecule has 1 saturated heterocycles. The highest BCUT2D eigenvalue weighted by molar-refractivity contribution is 5.68. The summed E-state index contributed by atoms with van der Waals surface area (Å²) in [7, 11) is 0. The van der Waals surface area contributed by atoms with E-state index in [4.69, 9.17) is 4.74 Å². The summed E-state index contributed by atoms with van der Waals surface area (Å²) in [6, 6.07) is 0.136. The average Bonchev–Trinajstić information content (AvgIpc) is 2.68. The molecule has 0 bridgehead atoms. The Morgan fingerprint density at radius 1 is 1.53 bits per heavy atom. The van der Waals surface area contributed by atoms with Crippen LogP contribution in [0.3, 0.4) is 0 Å². The van der Waals surface area contributed by atoms with Crippen LogP contribution in [0, 0.1) is 0 Å². The molecule has 0 unspecified atom stereocenters. The maximum atomic E-state index is 12.2. The lowest BCUT2D eigenvalue weighted by Gasteiger charge is -2.31. The van der Waals surface area contributed by atoms with Gasteiger partial charge in [-0.05, 0) is 40.2 Å². The number of hydrogen-bond acceptors (Lipinski definition) is 3. The zero-order valence-corrected chi connectivity index (χ0v) is 11.0. The van der Waals surface area contributed by atoms with Crippen LogP contribution in [0.25, 0.3) is 0 Å². The lowest BCUT2D eigenvalue weighted by molar-refractivity contribution is 0.0171. The van der Waals surface area contributed by atoms with Gasteiger partial charge in [0.1, 0.15) is 5.60 Å². The van der Waals surface area contributed by atoms with Gasteiger partial charge < -0.3 is 15.0 Å². The van der Waals surface area contributed by atoms with E-state index in [2.05, 4.69) is 5.32 Å². The second kappa shape index (κ2) is 6.19. The number of nitrogens with one attached hydrogen (secondary N) is 1. The fourth-order valence-electron chi connectivity index (χ4n) is 1.88. The predicted octanol–water partition coefficient (Wildman–Crippen LogP) is 1.95. The summed E-state index contributed by atoms with van der Waals surface area (Å²) in [6.45, 7) is 7.21. The highest BCUT2D eigenvalue weighted by atomic mass is 19.1. The minimum atomic E-state index is -0.503. The maximum absolute atomic E-state index is 12.2. The van der Waals surface area contributed by atoms with Crippen molar-refractivity contribution in [3.63, 3.8) is 0 Å². The highest BCUT2D eigenvalue weighted by Crippen LogP contribution is 2.15. The van der Waals surface area contributed by atoms with Crippen molar-refractivity contribution < 1.29 is 13.9 Å². The Hall–Kier alpha value is -0.840. The van der Waals surface area contributed by atoms with Crippen molar-refractivity contribution >= 4 is 6.09 Å². The fraction of sp³-hybridized carbons (Fsp3) is 0.917. The van der Waals surface area contributed by atoms with Gasteiger partial charge in [-0.2, -0.15) is 0 Å². The Balaban J connectivity index is 2.57. The number of hydrogen-bond donors (Lipinski definition) is 1. The van der Waals surface area contributed by atoms with Crippen LogP contribution in [0.2, 0.25) is 0 Å². The van der Waals surface area contributed by atoms with E-state index >= 15 is 0 Å². The standard InChI is InChI=1S/C12H23FN2O2/c1-12(2,3)17-11(16)15(8-4-6-13)10-5-7-14-9-10/h10,14H,4-9H2,1-3H3/t10-/m1/s1. The van der Waals surface area contributed by atoms with Crippen LogP contribution < -0.4 is 5.32 Å². The second-order valence-electron chi connectivity index (χ2n) is 5.36. The van der Waals surface area contributed by atoms with E-state index in [-0.39, 0.29) is 12.1 Å². The first-order valence-corrected chi connectivity index (χ1v) is 6.20. The summed E-state index contributed by atoms with van der Waals surface area (Å²) >= 11 is 0. The molecule has 0 aliphatic carbocycles. The number of ether oxygens (including phenoxy) is 1. The molecule has 0 aromatic rings. The molecule has 1 aliphatic heterocycles. The van der Waals surface area contributed by atoms with Crippen molar-refractivity contribution in [3.8, 4) is 0 Å². The van der Waals surface area contributed by atoms with Gasteiger partial charge in [0.05, 0.1) is 6.67 Å². The Bertz CT molecular complexity index is 247. The predicted molar refractivity (Wildman–Crippen MR) is 64.8 cm³/mol. The summed E-state index contributed by atoms with van der Waals surface area (Å²) in [5, 5.41) is 3.20. The maximum Gasteiger partial charge on any atom is 0.410 e. The molecule has 1 fully saturated rings. The molecule has 0 aromatic carbocycles. The van der Waals surface area contributed by atoms with Crippen LogP contribution in [-0.4, -0.2) is 48.9 Å². The smallest absolute Gasteiger partial charge is 0.410 e. The van der Waals surface area contributed by atoms with Gasteiger partial charge in [-0.25, -0.2) is 4.79 Å². The zero-order chi connectivity index (χ0) is 12.9. The zero-order valence-electron chi connectivity index (χ0n) is 11.0. The molecule has 17 heavy (non-hydrogen) atoms. The normalized spacial score (nSPS) is 20.4. The minimum Gasteiger partial charge on any atom is -0.444 e.